The zero-order valence-electron chi connectivity index (χ0n) is 9.72. The average molecular weight is 221 g/mol. The van der Waals surface area contributed by atoms with E-state index in [9.17, 15) is 5.11 Å². The smallest absolute Gasteiger partial charge is 0.101 e. The molecule has 16 heavy (non-hydrogen) atoms. The van der Waals surface area contributed by atoms with Crippen molar-refractivity contribution in [3.8, 4) is 0 Å². The van der Waals surface area contributed by atoms with Crippen LogP contribution in [0.3, 0.4) is 0 Å². The van der Waals surface area contributed by atoms with Gasteiger partial charge >= 0.3 is 0 Å². The summed E-state index contributed by atoms with van der Waals surface area (Å²) in [6, 6.07) is 10.4. The Kier molecular flexibility index (Phi) is 3.59. The highest BCUT2D eigenvalue weighted by Gasteiger charge is 2.31. The molecule has 0 bridgehead atoms. The lowest BCUT2D eigenvalue weighted by atomic mass is 10.1. The van der Waals surface area contributed by atoms with Gasteiger partial charge in [0.15, 0.2) is 0 Å². The molecule has 0 radical (unpaired) electrons. The lowest BCUT2D eigenvalue weighted by Crippen LogP contribution is -2.51. The Hall–Kier alpha value is -0.900. The lowest BCUT2D eigenvalue weighted by molar-refractivity contribution is -0.123. The van der Waals surface area contributed by atoms with Gasteiger partial charge < -0.3 is 9.84 Å². The van der Waals surface area contributed by atoms with E-state index in [0.29, 0.717) is 6.61 Å². The maximum Gasteiger partial charge on any atom is 0.101 e. The predicted octanol–water partition coefficient (Wildman–Crippen LogP) is 1.27. The number of rotatable bonds is 3. The fourth-order valence-corrected chi connectivity index (χ4v) is 2.09. The van der Waals surface area contributed by atoms with Crippen molar-refractivity contribution in [3.63, 3.8) is 0 Å². The minimum absolute atomic E-state index is 0.0816. The summed E-state index contributed by atoms with van der Waals surface area (Å²) >= 11 is 0. The highest BCUT2D eigenvalue weighted by atomic mass is 16.5. The van der Waals surface area contributed by atoms with Gasteiger partial charge in [0.2, 0.25) is 0 Å². The molecule has 1 fully saturated rings. The van der Waals surface area contributed by atoms with Crippen LogP contribution in [0.4, 0.5) is 0 Å². The molecule has 1 aromatic rings. The number of hydrogen-bond donors (Lipinski definition) is 1. The van der Waals surface area contributed by atoms with Crippen LogP contribution >= 0.6 is 0 Å². The summed E-state index contributed by atoms with van der Waals surface area (Å²) in [6.45, 7) is 5.40. The summed E-state index contributed by atoms with van der Waals surface area (Å²) in [6.07, 6.45) is 0. The lowest BCUT2D eigenvalue weighted by Gasteiger charge is -2.39. The van der Waals surface area contributed by atoms with Gasteiger partial charge in [0.05, 0.1) is 13.2 Å². The van der Waals surface area contributed by atoms with Crippen molar-refractivity contribution in [1.29, 1.82) is 0 Å². The fraction of sp³-hybridized carbons (Fsp3) is 0.538. The van der Waals surface area contributed by atoms with Crippen molar-refractivity contribution in [1.82, 2.24) is 4.90 Å². The molecule has 1 saturated heterocycles. The van der Waals surface area contributed by atoms with E-state index in [4.69, 9.17) is 4.74 Å². The SMILES string of the molecule is C[C@]1(CO)CN(Cc2ccccc2)CCO1. The van der Waals surface area contributed by atoms with Crippen molar-refractivity contribution < 1.29 is 9.84 Å². The minimum Gasteiger partial charge on any atom is -0.393 e. The molecule has 88 valence electrons. The van der Waals surface area contributed by atoms with Gasteiger partial charge in [-0.2, -0.15) is 0 Å². The summed E-state index contributed by atoms with van der Waals surface area (Å²) in [7, 11) is 0. The maximum absolute atomic E-state index is 9.28. The zero-order valence-corrected chi connectivity index (χ0v) is 9.72. The summed E-state index contributed by atoms with van der Waals surface area (Å²) < 4.78 is 5.59. The fourth-order valence-electron chi connectivity index (χ4n) is 2.09. The largest absolute Gasteiger partial charge is 0.393 e. The number of aliphatic hydroxyl groups is 1. The van der Waals surface area contributed by atoms with E-state index in [1.165, 1.54) is 5.56 Å². The summed E-state index contributed by atoms with van der Waals surface area (Å²) in [4.78, 5) is 2.33. The molecule has 3 heteroatoms. The Morgan fingerprint density at radius 2 is 2.12 bits per heavy atom. The molecule has 0 spiro atoms. The molecule has 1 aliphatic rings. The quantitative estimate of drug-likeness (QED) is 0.834. The van der Waals surface area contributed by atoms with Crippen LogP contribution in [0.25, 0.3) is 0 Å². The van der Waals surface area contributed by atoms with Crippen molar-refractivity contribution >= 4 is 0 Å². The van der Waals surface area contributed by atoms with E-state index in [1.807, 2.05) is 13.0 Å². The third-order valence-electron chi connectivity index (χ3n) is 3.00. The molecule has 0 saturated carbocycles. The van der Waals surface area contributed by atoms with Crippen molar-refractivity contribution in [2.24, 2.45) is 0 Å². The van der Waals surface area contributed by atoms with Gasteiger partial charge in [-0.1, -0.05) is 30.3 Å². The highest BCUT2D eigenvalue weighted by Crippen LogP contribution is 2.18. The highest BCUT2D eigenvalue weighted by molar-refractivity contribution is 5.14. The molecule has 0 aliphatic carbocycles. The van der Waals surface area contributed by atoms with Gasteiger partial charge in [-0.25, -0.2) is 0 Å². The first-order chi connectivity index (χ1) is 7.72. The van der Waals surface area contributed by atoms with Crippen LogP contribution in [-0.4, -0.2) is 41.9 Å². The van der Waals surface area contributed by atoms with E-state index in [2.05, 4.69) is 29.2 Å². The minimum atomic E-state index is -0.396. The van der Waals surface area contributed by atoms with Crippen LogP contribution in [-0.2, 0) is 11.3 Å². The first-order valence-corrected chi connectivity index (χ1v) is 5.73. The van der Waals surface area contributed by atoms with Gasteiger partial charge in [0.1, 0.15) is 5.60 Å². The van der Waals surface area contributed by atoms with Crippen molar-refractivity contribution in [2.75, 3.05) is 26.3 Å². The molecular weight excluding hydrogens is 202 g/mol. The number of hydrogen-bond acceptors (Lipinski definition) is 3. The topological polar surface area (TPSA) is 32.7 Å². The van der Waals surface area contributed by atoms with Crippen LogP contribution in [0, 0.1) is 0 Å². The van der Waals surface area contributed by atoms with E-state index in [1.54, 1.807) is 0 Å². The van der Waals surface area contributed by atoms with Crippen LogP contribution in [0.5, 0.6) is 0 Å². The molecule has 1 N–H and O–H groups in total. The molecule has 2 rings (SSSR count). The molecule has 1 heterocycles. The van der Waals surface area contributed by atoms with Crippen molar-refractivity contribution in [2.45, 2.75) is 19.1 Å². The molecule has 0 amide bonds. The van der Waals surface area contributed by atoms with Crippen LogP contribution < -0.4 is 0 Å². The van der Waals surface area contributed by atoms with E-state index in [0.717, 1.165) is 19.6 Å². The first kappa shape index (κ1) is 11.6. The third kappa shape index (κ3) is 2.82. The monoisotopic (exact) mass is 221 g/mol. The number of morpholine rings is 1. The van der Waals surface area contributed by atoms with Gasteiger partial charge in [-0.3, -0.25) is 4.90 Å². The standard InChI is InChI=1S/C13H19NO2/c1-13(11-15)10-14(7-8-16-13)9-12-5-3-2-4-6-12/h2-6,15H,7-11H2,1H3/t13-/m1/s1. The molecular formula is C13H19NO2. The second-order valence-electron chi connectivity index (χ2n) is 4.65. The van der Waals surface area contributed by atoms with E-state index < -0.39 is 5.60 Å². The summed E-state index contributed by atoms with van der Waals surface area (Å²) in [5, 5.41) is 9.28. The zero-order chi connectivity index (χ0) is 11.4. The van der Waals surface area contributed by atoms with Gasteiger partial charge in [0.25, 0.3) is 0 Å². The van der Waals surface area contributed by atoms with Crippen LogP contribution in [0.1, 0.15) is 12.5 Å². The Morgan fingerprint density at radius 3 is 2.81 bits per heavy atom. The predicted molar refractivity (Wildman–Crippen MR) is 63.2 cm³/mol. The Balaban J connectivity index is 1.96. The number of nitrogens with zero attached hydrogens (tertiary/aromatic N) is 1. The number of benzene rings is 1. The van der Waals surface area contributed by atoms with Gasteiger partial charge in [-0.15, -0.1) is 0 Å². The first-order valence-electron chi connectivity index (χ1n) is 5.73. The number of aliphatic hydroxyl groups excluding tert-OH is 1. The van der Waals surface area contributed by atoms with Gasteiger partial charge in [0, 0.05) is 19.6 Å². The van der Waals surface area contributed by atoms with Gasteiger partial charge in [-0.05, 0) is 12.5 Å². The van der Waals surface area contributed by atoms with Crippen LogP contribution in [0.2, 0.25) is 0 Å². The Bertz CT molecular complexity index is 328. The normalized spacial score (nSPS) is 26.9. The third-order valence-corrected chi connectivity index (χ3v) is 3.00. The Morgan fingerprint density at radius 1 is 1.38 bits per heavy atom. The Labute approximate surface area is 96.6 Å². The van der Waals surface area contributed by atoms with Crippen molar-refractivity contribution in [3.05, 3.63) is 35.9 Å². The molecule has 3 nitrogen and oxygen atoms in total. The molecule has 1 aliphatic heterocycles. The average Bonchev–Trinajstić information content (AvgIpc) is 2.30. The second kappa shape index (κ2) is 4.95. The number of ether oxygens (including phenoxy) is 1. The van der Waals surface area contributed by atoms with E-state index >= 15 is 0 Å². The molecule has 0 unspecified atom stereocenters. The second-order valence-corrected chi connectivity index (χ2v) is 4.65. The molecule has 1 aromatic carbocycles. The molecule has 1 atom stereocenters. The van der Waals surface area contributed by atoms with Crippen LogP contribution in [0.15, 0.2) is 30.3 Å². The molecule has 0 aromatic heterocycles. The van der Waals surface area contributed by atoms with E-state index in [-0.39, 0.29) is 6.61 Å². The maximum atomic E-state index is 9.28. The summed E-state index contributed by atoms with van der Waals surface area (Å²) in [5.74, 6) is 0. The summed E-state index contributed by atoms with van der Waals surface area (Å²) in [5.41, 5.74) is 0.914.